The molecule has 14 aromatic carbocycles. The van der Waals surface area contributed by atoms with Crippen LogP contribution in [0.2, 0.25) is 0 Å². The van der Waals surface area contributed by atoms with E-state index in [-0.39, 0.29) is 0 Å². The average Bonchev–Trinajstić information content (AvgIpc) is 0.761. The second-order valence-electron chi connectivity index (χ2n) is 31.5. The predicted molar refractivity (Wildman–Crippen MR) is 600 cm³/mol. The lowest BCUT2D eigenvalue weighted by Gasteiger charge is -2.35. The number of rotatable bonds is 6. The van der Waals surface area contributed by atoms with Crippen molar-refractivity contribution in [3.05, 3.63) is 421 Å². The highest BCUT2D eigenvalue weighted by Gasteiger charge is 2.41. The normalized spacial score (nSPS) is 24.2. The van der Waals surface area contributed by atoms with Gasteiger partial charge in [-0.05, 0) is 310 Å². The van der Waals surface area contributed by atoms with Crippen LogP contribution in [0.25, 0.3) is 0 Å². The van der Waals surface area contributed by atoms with Crippen LogP contribution in [-0.4, -0.2) is 144 Å². The second-order valence-corrected chi connectivity index (χ2v) is 59.3. The van der Waals surface area contributed by atoms with E-state index in [0.29, 0.717) is 101 Å². The molecule has 140 heavy (non-hydrogen) atoms. The van der Waals surface area contributed by atoms with Crippen molar-refractivity contribution < 1.29 is 36.2 Å². The Morgan fingerprint density at radius 1 is 0.164 bits per heavy atom. The molecule has 8 atom stereocenters. The van der Waals surface area contributed by atoms with Gasteiger partial charge in [-0.1, -0.05) is 158 Å². The van der Waals surface area contributed by atoms with Gasteiger partial charge in [0, 0.05) is 101 Å². The third-order valence-electron chi connectivity index (χ3n) is 22.0. The summed E-state index contributed by atoms with van der Waals surface area (Å²) in [6, 6.07) is 117. The Bertz CT molecular complexity index is 6710. The highest BCUT2D eigenvalue weighted by molar-refractivity contribution is 8.17. The van der Waals surface area contributed by atoms with Gasteiger partial charge in [0.1, 0.15) is 46.0 Å². The predicted octanol–water partition coefficient (Wildman–Crippen LogP) is 22.5. The van der Waals surface area contributed by atoms with Crippen LogP contribution in [-0.2, 0) is 70.8 Å². The van der Waals surface area contributed by atoms with Crippen molar-refractivity contribution in [3.8, 4) is 46.0 Å². The minimum Gasteiger partial charge on any atom is -0.427 e. The molecule has 29 rings (SSSR count). The minimum absolute atomic E-state index is 0.296. The van der Waals surface area contributed by atoms with Gasteiger partial charge in [0.25, 0.3) is 0 Å². The summed E-state index contributed by atoms with van der Waals surface area (Å²) < 4.78 is 84.5. The van der Waals surface area contributed by atoms with Gasteiger partial charge < -0.3 is 36.2 Å². The molecule has 0 spiro atoms. The molecule has 0 saturated carbocycles. The minimum atomic E-state index is -4.24. The van der Waals surface area contributed by atoms with Crippen LogP contribution in [0.3, 0.4) is 0 Å². The first-order chi connectivity index (χ1) is 67.7. The maximum Gasteiger partial charge on any atom is 0.418 e. The lowest BCUT2D eigenvalue weighted by atomic mass is 10.2. The summed E-state index contributed by atoms with van der Waals surface area (Å²) in [4.78, 5) is 0. The van der Waals surface area contributed by atoms with E-state index in [4.69, 9.17) is 157 Å². The Balaban J connectivity index is 0.919. The van der Waals surface area contributed by atoms with Gasteiger partial charge in [-0.25, -0.2) is 38.2 Å². The molecule has 708 valence electrons. The Morgan fingerprint density at radius 3 is 0.436 bits per heavy atom. The van der Waals surface area contributed by atoms with E-state index in [2.05, 4.69) is 0 Å². The smallest absolute Gasteiger partial charge is 0.418 e. The summed E-state index contributed by atoms with van der Waals surface area (Å²) in [6.45, 7) is -8.49. The average molecular weight is 2120 g/mol. The summed E-state index contributed by atoms with van der Waals surface area (Å²) in [6.07, 6.45) is 1.53. The molecule has 15 heterocycles. The van der Waals surface area contributed by atoms with Crippen LogP contribution < -0.4 is 68.0 Å². The van der Waals surface area contributed by atoms with Crippen LogP contribution in [0.15, 0.2) is 426 Å². The summed E-state index contributed by atoms with van der Waals surface area (Å²) >= 11 is 41.1. The Morgan fingerprint density at radius 2 is 0.293 bits per heavy atom. The van der Waals surface area contributed by atoms with Crippen LogP contribution in [0.1, 0.15) is 44.5 Å². The Hall–Kier alpha value is -12.4. The molecular weight excluding hydrogens is 2020 g/mol. The van der Waals surface area contributed by atoms with Crippen molar-refractivity contribution in [2.75, 3.05) is 56.4 Å². The molecule has 0 N–H and O–H groups in total. The fourth-order valence-electron chi connectivity index (χ4n) is 14.4. The summed E-state index contributed by atoms with van der Waals surface area (Å²) in [7, 11) is 6.49. The van der Waals surface area contributed by atoms with Gasteiger partial charge in [-0.15, -0.1) is 9.03 Å². The Kier molecular flexibility index (Phi) is 31.0. The van der Waals surface area contributed by atoms with Crippen molar-refractivity contribution >= 4 is 206 Å². The fraction of sp³-hybridized carbons (Fsp3) is 0.0800. The quantitative estimate of drug-likeness (QED) is 0.141. The molecule has 15 aliphatic heterocycles. The largest absolute Gasteiger partial charge is 0.427 e. The molecule has 0 aromatic heterocycles. The standard InChI is InChI=1S/C100H94N18O8P8S6/c1-111-101-71-79-39-55-87(56-40-79)119-127(95-27-15-9-16-28-95)109-133(139)123-91-63-47-83(48-64-91)75-105-115(5)131(137,99-35-23-13-24-36-99)117(7)107-77-85-51-67-93(68-52-85)125-134(140,126-94-69-53-86(54-70-94)78-108-118(8)132(138,100-37-25-14-26-38-100)116(6)106-76-84-49-65-92(124-133)66-50-84)110-128(96-29-17-10-18-30-96,120-88-57-41-80(42-58-88)72-102-112(2)129(111,135)97-31-19-11-20-32-97)122-90-61-45-82(46-62-90)74-104-114(4)130(136,98-33-21-12-22-34-98)113(3)103-73-81-43-59-89(121-127)60-44-81/h9-78H,1-8H3/b101-71-,102-72-,103-73-,104-74+,105-75-,106-76-,107-77+,108-78?. The number of nitrogens with zero attached hydrogens (tertiary/aromatic N) is 18. The first-order valence-corrected chi connectivity index (χ1v) is 62.7. The van der Waals surface area contributed by atoms with Gasteiger partial charge in [-0.3, -0.25) is 0 Å². The molecule has 8 unspecified atom stereocenters. The molecular formula is C100H94N18O8P8S6. The zero-order chi connectivity index (χ0) is 97.5. The van der Waals surface area contributed by atoms with E-state index >= 15 is 0 Å². The van der Waals surface area contributed by atoms with Crippen molar-refractivity contribution in [3.63, 3.8) is 0 Å². The maximum atomic E-state index is 7.52. The lowest BCUT2D eigenvalue weighted by molar-refractivity contribution is 0.471. The van der Waals surface area contributed by atoms with E-state index in [1.54, 1.807) is 136 Å². The van der Waals surface area contributed by atoms with Crippen LogP contribution in [0.4, 0.5) is 0 Å². The molecule has 26 nitrogen and oxygen atoms in total. The van der Waals surface area contributed by atoms with Crippen LogP contribution in [0, 0.1) is 0 Å². The molecule has 0 saturated heterocycles. The van der Waals surface area contributed by atoms with Crippen molar-refractivity contribution in [1.82, 2.24) is 38.2 Å². The molecule has 14 aromatic rings. The first kappa shape index (κ1) is 99.2. The second kappa shape index (κ2) is 43.8. The highest BCUT2D eigenvalue weighted by atomic mass is 32.5. The summed E-state index contributed by atoms with van der Waals surface area (Å²) in [5.41, 5.74) is 5.48. The molecule has 0 aliphatic carbocycles. The van der Waals surface area contributed by atoms with E-state index in [0.717, 1.165) is 21.2 Å². The van der Waals surface area contributed by atoms with Gasteiger partial charge >= 0.3 is 28.3 Å². The fourth-order valence-corrected chi connectivity index (χ4v) is 36.8. The zero-order valence-corrected chi connectivity index (χ0v) is 88.8. The Labute approximate surface area is 846 Å². The van der Waals surface area contributed by atoms with Crippen molar-refractivity contribution in [2.45, 2.75) is 0 Å². The molecule has 0 amide bonds. The number of benzene rings is 14. The molecule has 20 bridgehead atoms. The van der Waals surface area contributed by atoms with Crippen LogP contribution in [0.5, 0.6) is 46.0 Å². The van der Waals surface area contributed by atoms with E-state index in [1.165, 1.54) is 0 Å². The van der Waals surface area contributed by atoms with Gasteiger partial charge in [0.15, 0.2) is 25.4 Å². The number of hydrogen-bond acceptors (Lipinski definition) is 22. The first-order valence-electron chi connectivity index (χ1n) is 43.5. The third-order valence-corrected chi connectivity index (χ3v) is 52.5. The van der Waals surface area contributed by atoms with Crippen LogP contribution >= 0.6 is 53.7 Å². The van der Waals surface area contributed by atoms with Gasteiger partial charge in [0.2, 0.25) is 0 Å². The SMILES string of the molecule is CN1N=Cc2ccc(cc2)OP2(=S)N=P3(c4ccccc4)Oc4ccc(cc4)/C=N\N(C)P(=S)(c4ccccc4)N(C)/N=C\c4ccc(cc4)OP(c4ccccc4)(=NP(=S)(Oc4ccc(cc4)/C=N\N(C)P1(=S)c1ccccc1)Oc1ccc(cc1)/C=N\N(C)P(=S)(c1ccccc1)N(C)/N=C/c1ccc(cc1)O2)Oc1ccc(cc1)/C=N\N(C)P(=S)(c1ccccc1)N(C)/N=C/c1ccc(cc1)O3. The topological polar surface area (TPSA) is 223 Å². The number of hydrazone groups is 8. The molecule has 0 fully saturated rings. The van der Waals surface area contributed by atoms with E-state index < -0.39 is 53.7 Å². The van der Waals surface area contributed by atoms with Gasteiger partial charge in [-0.2, -0.15) is 40.8 Å². The van der Waals surface area contributed by atoms with E-state index in [9.17, 15) is 0 Å². The van der Waals surface area contributed by atoms with E-state index in [1.807, 2.05) is 384 Å². The van der Waals surface area contributed by atoms with Crippen molar-refractivity contribution in [1.29, 1.82) is 0 Å². The summed E-state index contributed by atoms with van der Waals surface area (Å²) in [5, 5.41) is 45.1. The van der Waals surface area contributed by atoms with Crippen molar-refractivity contribution in [2.24, 2.45) is 49.8 Å². The maximum absolute atomic E-state index is 7.52. The zero-order valence-electron chi connectivity index (χ0n) is 76.8. The molecule has 0 radical (unpaired) electrons. The monoisotopic (exact) mass is 2110 g/mol. The van der Waals surface area contributed by atoms with Gasteiger partial charge in [0.05, 0.1) is 60.3 Å². The lowest BCUT2D eigenvalue weighted by Crippen LogP contribution is -2.27. The molecule has 40 heteroatoms. The molecule has 15 aliphatic rings. The number of hydrogen-bond donors (Lipinski definition) is 0. The summed E-state index contributed by atoms with van der Waals surface area (Å²) in [5.74, 6) is 2.55. The highest BCUT2D eigenvalue weighted by Crippen LogP contribution is 2.66. The third kappa shape index (κ3) is 22.9.